The second-order valence-electron chi connectivity index (χ2n) is 7.79. The quantitative estimate of drug-likeness (QED) is 0.748. The number of amides is 1. The number of anilines is 1. The molecule has 1 aliphatic heterocycles. The number of piperazine rings is 1. The first-order valence-electron chi connectivity index (χ1n) is 9.99. The molecule has 4 rings (SSSR count). The molecule has 2 aromatic rings. The summed E-state index contributed by atoms with van der Waals surface area (Å²) in [6.07, 6.45) is 8.34. The van der Waals surface area contributed by atoms with Gasteiger partial charge in [0.15, 0.2) is 0 Å². The van der Waals surface area contributed by atoms with Gasteiger partial charge < -0.3 is 19.9 Å². The van der Waals surface area contributed by atoms with Crippen molar-refractivity contribution < 1.29 is 9.90 Å². The minimum atomic E-state index is -0.474. The van der Waals surface area contributed by atoms with Crippen molar-refractivity contribution in [3.8, 4) is 0 Å². The molecule has 0 radical (unpaired) electrons. The third kappa shape index (κ3) is 4.69. The van der Waals surface area contributed by atoms with Gasteiger partial charge in [-0.05, 0) is 30.9 Å². The third-order valence-corrected chi connectivity index (χ3v) is 5.71. The minimum absolute atomic E-state index is 0.00128. The Labute approximate surface area is 165 Å². The highest BCUT2D eigenvalue weighted by Gasteiger charge is 2.34. The standard InChI is InChI=1S/C20H28N6O2/c27-18-12-16(13-25-6-5-21-15-25)11-17(18)23-20(28)14-24-7-9-26(10-8-24)19-3-1-2-4-22-19/h1-6,15-18,27H,7-14H2,(H,23,28)/t16?,17-,18-/m1/s1. The molecule has 0 aromatic carbocycles. The van der Waals surface area contributed by atoms with E-state index in [0.717, 1.165) is 45.0 Å². The molecule has 3 atom stereocenters. The lowest BCUT2D eigenvalue weighted by molar-refractivity contribution is -0.123. The molecule has 1 unspecified atom stereocenters. The van der Waals surface area contributed by atoms with Crippen molar-refractivity contribution in [2.24, 2.45) is 5.92 Å². The predicted octanol–water partition coefficient (Wildman–Crippen LogP) is 0.356. The molecule has 8 nitrogen and oxygen atoms in total. The topological polar surface area (TPSA) is 86.5 Å². The van der Waals surface area contributed by atoms with Gasteiger partial charge in [-0.3, -0.25) is 9.69 Å². The van der Waals surface area contributed by atoms with E-state index < -0.39 is 6.10 Å². The van der Waals surface area contributed by atoms with Crippen LogP contribution in [0.25, 0.3) is 0 Å². The van der Waals surface area contributed by atoms with E-state index in [4.69, 9.17) is 0 Å². The lowest BCUT2D eigenvalue weighted by Crippen LogP contribution is -2.51. The van der Waals surface area contributed by atoms with Crippen LogP contribution in [-0.4, -0.2) is 75.3 Å². The van der Waals surface area contributed by atoms with Crippen LogP contribution in [0.4, 0.5) is 5.82 Å². The predicted molar refractivity (Wildman–Crippen MR) is 106 cm³/mol. The number of aromatic nitrogens is 3. The molecule has 2 fully saturated rings. The number of nitrogens with one attached hydrogen (secondary N) is 1. The summed E-state index contributed by atoms with van der Waals surface area (Å²) in [5, 5.41) is 13.4. The van der Waals surface area contributed by atoms with E-state index in [2.05, 4.69) is 25.1 Å². The first-order chi connectivity index (χ1) is 13.7. The van der Waals surface area contributed by atoms with Crippen LogP contribution in [0.2, 0.25) is 0 Å². The van der Waals surface area contributed by atoms with Gasteiger partial charge in [0.25, 0.3) is 0 Å². The van der Waals surface area contributed by atoms with Crippen molar-refractivity contribution >= 4 is 11.7 Å². The SMILES string of the molecule is O=C(CN1CCN(c2ccccn2)CC1)N[C@@H]1CC(Cn2ccnc2)C[C@H]1O. The molecule has 150 valence electrons. The zero-order valence-electron chi connectivity index (χ0n) is 16.0. The Bertz CT molecular complexity index is 745. The highest BCUT2D eigenvalue weighted by molar-refractivity contribution is 5.78. The fourth-order valence-corrected chi connectivity index (χ4v) is 4.25. The highest BCUT2D eigenvalue weighted by atomic mass is 16.3. The van der Waals surface area contributed by atoms with Crippen molar-refractivity contribution in [3.63, 3.8) is 0 Å². The monoisotopic (exact) mass is 384 g/mol. The van der Waals surface area contributed by atoms with Crippen LogP contribution < -0.4 is 10.2 Å². The summed E-state index contributed by atoms with van der Waals surface area (Å²) in [5.41, 5.74) is 0. The molecule has 2 aromatic heterocycles. The number of carbonyl (C=O) groups excluding carboxylic acids is 1. The van der Waals surface area contributed by atoms with Crippen molar-refractivity contribution in [3.05, 3.63) is 43.1 Å². The van der Waals surface area contributed by atoms with Gasteiger partial charge in [0.2, 0.25) is 5.91 Å². The van der Waals surface area contributed by atoms with E-state index in [1.807, 2.05) is 35.2 Å². The number of aliphatic hydroxyl groups is 1. The van der Waals surface area contributed by atoms with E-state index >= 15 is 0 Å². The summed E-state index contributed by atoms with van der Waals surface area (Å²) in [6.45, 7) is 4.61. The van der Waals surface area contributed by atoms with Gasteiger partial charge in [0, 0.05) is 51.3 Å². The molecule has 1 aliphatic carbocycles. The summed E-state index contributed by atoms with van der Waals surface area (Å²) in [6, 6.07) is 5.77. The van der Waals surface area contributed by atoms with Gasteiger partial charge in [-0.25, -0.2) is 9.97 Å². The maximum absolute atomic E-state index is 12.5. The maximum Gasteiger partial charge on any atom is 0.234 e. The summed E-state index contributed by atoms with van der Waals surface area (Å²) in [5.74, 6) is 1.35. The fraction of sp³-hybridized carbons (Fsp3) is 0.550. The number of nitrogens with zero attached hydrogens (tertiary/aromatic N) is 5. The molecule has 28 heavy (non-hydrogen) atoms. The molecular weight excluding hydrogens is 356 g/mol. The van der Waals surface area contributed by atoms with Crippen molar-refractivity contribution in [1.82, 2.24) is 24.8 Å². The zero-order valence-corrected chi connectivity index (χ0v) is 16.0. The van der Waals surface area contributed by atoms with Gasteiger partial charge in [0.05, 0.1) is 25.0 Å². The first-order valence-corrected chi connectivity index (χ1v) is 9.99. The number of carbonyl (C=O) groups is 1. The van der Waals surface area contributed by atoms with Gasteiger partial charge in [-0.15, -0.1) is 0 Å². The Morgan fingerprint density at radius 2 is 2.04 bits per heavy atom. The van der Waals surface area contributed by atoms with Crippen LogP contribution >= 0.6 is 0 Å². The van der Waals surface area contributed by atoms with E-state index in [1.165, 1.54) is 0 Å². The number of pyridine rings is 1. The summed E-state index contributed by atoms with van der Waals surface area (Å²) in [7, 11) is 0. The van der Waals surface area contributed by atoms with E-state index in [1.54, 1.807) is 12.5 Å². The minimum Gasteiger partial charge on any atom is -0.391 e. The van der Waals surface area contributed by atoms with Gasteiger partial charge >= 0.3 is 0 Å². The van der Waals surface area contributed by atoms with Crippen LogP contribution in [0.3, 0.4) is 0 Å². The lowest BCUT2D eigenvalue weighted by Gasteiger charge is -2.35. The van der Waals surface area contributed by atoms with Crippen LogP contribution in [0, 0.1) is 5.92 Å². The summed E-state index contributed by atoms with van der Waals surface area (Å²) >= 11 is 0. The van der Waals surface area contributed by atoms with Crippen molar-refractivity contribution in [2.75, 3.05) is 37.6 Å². The van der Waals surface area contributed by atoms with Crippen molar-refractivity contribution in [2.45, 2.75) is 31.5 Å². The molecule has 0 bridgehead atoms. The van der Waals surface area contributed by atoms with Crippen LogP contribution in [0.15, 0.2) is 43.1 Å². The van der Waals surface area contributed by atoms with E-state index in [9.17, 15) is 9.90 Å². The van der Waals surface area contributed by atoms with Crippen LogP contribution in [0.5, 0.6) is 0 Å². The Balaban J connectivity index is 1.20. The number of imidazole rings is 1. The van der Waals surface area contributed by atoms with Crippen molar-refractivity contribution in [1.29, 1.82) is 0 Å². The fourth-order valence-electron chi connectivity index (χ4n) is 4.25. The molecule has 0 spiro atoms. The normalized spacial score (nSPS) is 25.8. The van der Waals surface area contributed by atoms with Crippen LogP contribution in [-0.2, 0) is 11.3 Å². The second-order valence-corrected chi connectivity index (χ2v) is 7.79. The molecule has 2 N–H and O–H groups in total. The van der Waals surface area contributed by atoms with Gasteiger partial charge in [-0.1, -0.05) is 6.07 Å². The molecule has 3 heterocycles. The Hall–Kier alpha value is -2.45. The van der Waals surface area contributed by atoms with E-state index in [0.29, 0.717) is 18.9 Å². The number of rotatable bonds is 6. The molecular formula is C20H28N6O2. The highest BCUT2D eigenvalue weighted by Crippen LogP contribution is 2.27. The Kier molecular flexibility index (Phi) is 5.87. The average molecular weight is 384 g/mol. The Morgan fingerprint density at radius 3 is 2.75 bits per heavy atom. The lowest BCUT2D eigenvalue weighted by atomic mass is 10.1. The van der Waals surface area contributed by atoms with E-state index in [-0.39, 0.29) is 11.9 Å². The first kappa shape index (κ1) is 18.9. The summed E-state index contributed by atoms with van der Waals surface area (Å²) in [4.78, 5) is 25.3. The molecule has 1 saturated carbocycles. The molecule has 1 saturated heterocycles. The molecule has 1 amide bonds. The number of aliphatic hydroxyl groups excluding tert-OH is 1. The third-order valence-electron chi connectivity index (χ3n) is 5.71. The van der Waals surface area contributed by atoms with Gasteiger partial charge in [0.1, 0.15) is 5.82 Å². The van der Waals surface area contributed by atoms with Gasteiger partial charge in [-0.2, -0.15) is 0 Å². The smallest absolute Gasteiger partial charge is 0.234 e. The zero-order chi connectivity index (χ0) is 19.3. The largest absolute Gasteiger partial charge is 0.391 e. The Morgan fingerprint density at radius 1 is 1.18 bits per heavy atom. The summed E-state index contributed by atoms with van der Waals surface area (Å²) < 4.78 is 2.03. The molecule has 2 aliphatic rings. The maximum atomic E-state index is 12.5. The van der Waals surface area contributed by atoms with Crippen LogP contribution in [0.1, 0.15) is 12.8 Å². The number of hydrogen-bond acceptors (Lipinski definition) is 6. The average Bonchev–Trinajstić information content (AvgIpc) is 3.33. The second kappa shape index (κ2) is 8.70. The molecule has 8 heteroatoms. The number of hydrogen-bond donors (Lipinski definition) is 2.